The Labute approximate surface area is 147 Å². The molecule has 5 N–H and O–H groups in total. The van der Waals surface area contributed by atoms with Gasteiger partial charge in [-0.05, 0) is 19.0 Å². The van der Waals surface area contributed by atoms with E-state index in [-0.39, 0.29) is 23.5 Å². The van der Waals surface area contributed by atoms with Crippen molar-refractivity contribution in [3.05, 3.63) is 22.7 Å². The van der Waals surface area contributed by atoms with Crippen LogP contribution in [-0.4, -0.2) is 62.3 Å². The normalized spacial score (nSPS) is 21.0. The van der Waals surface area contributed by atoms with Crippen LogP contribution in [0.5, 0.6) is 5.75 Å². The molecule has 2 unspecified atom stereocenters. The Hall–Kier alpha value is -1.54. The molecule has 1 amide bonds. The molecule has 0 radical (unpaired) electrons. The van der Waals surface area contributed by atoms with Gasteiger partial charge >= 0.3 is 0 Å². The highest BCUT2D eigenvalue weighted by molar-refractivity contribution is 6.33. The van der Waals surface area contributed by atoms with Crippen molar-refractivity contribution >= 4 is 23.2 Å². The predicted octanol–water partition coefficient (Wildman–Crippen LogP) is 0.945. The van der Waals surface area contributed by atoms with Crippen molar-refractivity contribution in [2.75, 3.05) is 39.6 Å². The molecule has 0 aromatic heterocycles. The Bertz CT molecular complexity index is 570. The van der Waals surface area contributed by atoms with E-state index in [0.717, 1.165) is 26.1 Å². The average molecular weight is 360 g/mol. The number of nitrogen functional groups attached to an aromatic ring is 1. The van der Waals surface area contributed by atoms with Gasteiger partial charge in [-0.15, -0.1) is 0 Å². The summed E-state index contributed by atoms with van der Waals surface area (Å²) in [6.07, 6.45) is 0.797. The van der Waals surface area contributed by atoms with Gasteiger partial charge in [0.15, 0.2) is 0 Å². The molecule has 136 valence electrons. The minimum absolute atomic E-state index is 0. The number of carbonyl (C=O) groups excluding carboxylic acids is 1. The van der Waals surface area contributed by atoms with Gasteiger partial charge in [0.25, 0.3) is 5.91 Å². The lowest BCUT2D eigenvalue weighted by Crippen LogP contribution is -2.54. The number of hydrogen-bond donors (Lipinski definition) is 2. The van der Waals surface area contributed by atoms with E-state index in [1.807, 2.05) is 0 Å². The molecule has 1 aliphatic rings. The molecular formula is C16H26ClN3O4. The molecule has 8 heteroatoms. The maximum Gasteiger partial charge on any atom is 0.255 e. The molecule has 24 heavy (non-hydrogen) atoms. The number of nitrogens with zero attached hydrogens (tertiary/aromatic N) is 1. The first-order valence-electron chi connectivity index (χ1n) is 7.69. The Balaban J connectivity index is 0.00000288. The number of anilines is 1. The fourth-order valence-electron chi connectivity index (χ4n) is 2.83. The number of benzene rings is 1. The molecule has 1 fully saturated rings. The van der Waals surface area contributed by atoms with Gasteiger partial charge in [-0.1, -0.05) is 18.5 Å². The van der Waals surface area contributed by atoms with Crippen molar-refractivity contribution in [2.45, 2.75) is 25.5 Å². The first-order chi connectivity index (χ1) is 11.0. The maximum atomic E-state index is 12.6. The number of piperidine rings is 1. The third-order valence-electron chi connectivity index (χ3n) is 4.27. The smallest absolute Gasteiger partial charge is 0.255 e. The fraction of sp³-hybridized carbons (Fsp3) is 0.562. The summed E-state index contributed by atoms with van der Waals surface area (Å²) in [6.45, 7) is 4.83. The summed E-state index contributed by atoms with van der Waals surface area (Å²) in [7, 11) is 3.17. The first kappa shape index (κ1) is 20.5. The molecule has 7 nitrogen and oxygen atoms in total. The van der Waals surface area contributed by atoms with Crippen LogP contribution in [0.2, 0.25) is 5.02 Å². The summed E-state index contributed by atoms with van der Waals surface area (Å²) < 4.78 is 10.8. The van der Waals surface area contributed by atoms with Gasteiger partial charge < -0.3 is 30.9 Å². The van der Waals surface area contributed by atoms with Crippen LogP contribution in [0.15, 0.2) is 12.1 Å². The van der Waals surface area contributed by atoms with Gasteiger partial charge in [-0.2, -0.15) is 0 Å². The molecule has 0 spiro atoms. The van der Waals surface area contributed by atoms with Crippen LogP contribution in [0.3, 0.4) is 0 Å². The van der Waals surface area contributed by atoms with Crippen LogP contribution in [-0.2, 0) is 4.74 Å². The third-order valence-corrected chi connectivity index (χ3v) is 4.60. The minimum Gasteiger partial charge on any atom is -0.496 e. The molecule has 0 bridgehead atoms. The molecule has 0 saturated carbocycles. The maximum absolute atomic E-state index is 12.6. The zero-order valence-electron chi connectivity index (χ0n) is 14.3. The van der Waals surface area contributed by atoms with E-state index in [9.17, 15) is 4.79 Å². The summed E-state index contributed by atoms with van der Waals surface area (Å²) in [5.41, 5.74) is 6.51. The largest absolute Gasteiger partial charge is 0.496 e. The minimum atomic E-state index is -0.235. The number of amides is 1. The van der Waals surface area contributed by atoms with Crippen LogP contribution in [0, 0.1) is 0 Å². The Morgan fingerprint density at radius 1 is 1.46 bits per heavy atom. The number of rotatable bonds is 5. The number of ether oxygens (including phenoxy) is 2. The van der Waals surface area contributed by atoms with E-state index >= 15 is 0 Å². The molecule has 1 heterocycles. The molecular weight excluding hydrogens is 334 g/mol. The summed E-state index contributed by atoms with van der Waals surface area (Å²) >= 11 is 6.03. The molecule has 0 aliphatic carbocycles. The number of likely N-dealkylation sites (N-methyl/N-ethyl adjacent to an activating group) is 1. The Morgan fingerprint density at radius 3 is 2.75 bits per heavy atom. The third kappa shape index (κ3) is 4.51. The highest BCUT2D eigenvalue weighted by Gasteiger charge is 2.30. The van der Waals surface area contributed by atoms with Crippen LogP contribution in [0.25, 0.3) is 0 Å². The monoisotopic (exact) mass is 359 g/mol. The van der Waals surface area contributed by atoms with Crippen molar-refractivity contribution < 1.29 is 19.7 Å². The highest BCUT2D eigenvalue weighted by Crippen LogP contribution is 2.29. The fourth-order valence-corrected chi connectivity index (χ4v) is 3.00. The second-order valence-corrected chi connectivity index (χ2v) is 6.02. The van der Waals surface area contributed by atoms with E-state index in [4.69, 9.17) is 26.8 Å². The zero-order chi connectivity index (χ0) is 17.0. The Morgan fingerprint density at radius 2 is 2.17 bits per heavy atom. The first-order valence-corrected chi connectivity index (χ1v) is 8.07. The quantitative estimate of drug-likeness (QED) is 0.761. The van der Waals surface area contributed by atoms with Crippen LogP contribution in [0.1, 0.15) is 23.7 Å². The number of methoxy groups -OCH3 is 2. The summed E-state index contributed by atoms with van der Waals surface area (Å²) in [5, 5.41) is 3.37. The van der Waals surface area contributed by atoms with E-state index in [1.54, 1.807) is 13.2 Å². The number of carbonyl (C=O) groups is 1. The topological polar surface area (TPSA) is 108 Å². The second kappa shape index (κ2) is 9.08. The van der Waals surface area contributed by atoms with Gasteiger partial charge in [0, 0.05) is 26.3 Å². The predicted molar refractivity (Wildman–Crippen MR) is 94.8 cm³/mol. The molecule has 1 aliphatic heterocycles. The average Bonchev–Trinajstić information content (AvgIpc) is 2.57. The van der Waals surface area contributed by atoms with Crippen molar-refractivity contribution in [2.24, 2.45) is 0 Å². The van der Waals surface area contributed by atoms with Crippen molar-refractivity contribution in [3.63, 3.8) is 0 Å². The summed E-state index contributed by atoms with van der Waals surface area (Å²) in [4.78, 5) is 14.9. The van der Waals surface area contributed by atoms with E-state index in [1.165, 1.54) is 13.2 Å². The number of hydrogen-bond acceptors (Lipinski definition) is 5. The number of nitrogens with one attached hydrogen (secondary N) is 1. The summed E-state index contributed by atoms with van der Waals surface area (Å²) in [6, 6.07) is 3.05. The molecule has 1 saturated heterocycles. The SMILES string of the molecule is CCN1CCC(NC(=O)c2cc(Cl)c(N)cc2OC)C(OC)C1.O. The standard InChI is InChI=1S/C16H24ClN3O3.H2O/c1-4-20-6-5-13(15(9-20)23-3)19-16(21)10-7-11(17)12(18)8-14(10)22-2;/h7-8,13,15H,4-6,9,18H2,1-3H3,(H,19,21);1H2. The number of halogens is 1. The lowest BCUT2D eigenvalue weighted by molar-refractivity contribution is 0.00802. The zero-order valence-corrected chi connectivity index (χ0v) is 15.0. The molecule has 2 atom stereocenters. The van der Waals surface area contributed by atoms with Gasteiger partial charge in [-0.3, -0.25) is 4.79 Å². The van der Waals surface area contributed by atoms with Gasteiger partial charge in [0.1, 0.15) is 5.75 Å². The van der Waals surface area contributed by atoms with Crippen LogP contribution >= 0.6 is 11.6 Å². The van der Waals surface area contributed by atoms with E-state index < -0.39 is 0 Å². The van der Waals surface area contributed by atoms with Crippen LogP contribution in [0.4, 0.5) is 5.69 Å². The Kier molecular flexibility index (Phi) is 7.75. The van der Waals surface area contributed by atoms with Gasteiger partial charge in [0.2, 0.25) is 0 Å². The van der Waals surface area contributed by atoms with Gasteiger partial charge in [-0.25, -0.2) is 0 Å². The van der Waals surface area contributed by atoms with Crippen molar-refractivity contribution in [3.8, 4) is 5.75 Å². The van der Waals surface area contributed by atoms with E-state index in [2.05, 4.69) is 17.1 Å². The molecule has 1 aromatic rings. The highest BCUT2D eigenvalue weighted by atomic mass is 35.5. The number of nitrogens with two attached hydrogens (primary N) is 1. The number of likely N-dealkylation sites (tertiary alicyclic amines) is 1. The summed E-state index contributed by atoms with van der Waals surface area (Å²) in [5.74, 6) is 0.171. The van der Waals surface area contributed by atoms with Crippen LogP contribution < -0.4 is 15.8 Å². The second-order valence-electron chi connectivity index (χ2n) is 5.61. The van der Waals surface area contributed by atoms with E-state index in [0.29, 0.717) is 22.0 Å². The van der Waals surface area contributed by atoms with Crippen molar-refractivity contribution in [1.82, 2.24) is 10.2 Å². The lowest BCUT2D eigenvalue weighted by Gasteiger charge is -2.37. The van der Waals surface area contributed by atoms with Crippen molar-refractivity contribution in [1.29, 1.82) is 0 Å². The van der Waals surface area contributed by atoms with Gasteiger partial charge in [0.05, 0.1) is 35.5 Å². The molecule has 2 rings (SSSR count). The molecule has 1 aromatic carbocycles. The lowest BCUT2D eigenvalue weighted by atomic mass is 10.0.